The minimum atomic E-state index is -4.43. The lowest BCUT2D eigenvalue weighted by atomic mass is 10.1. The van der Waals surface area contributed by atoms with Crippen LogP contribution in [0.1, 0.15) is 36.3 Å². The molecule has 0 radical (unpaired) electrons. The first-order chi connectivity index (χ1) is 10.7. The van der Waals surface area contributed by atoms with Gasteiger partial charge in [-0.1, -0.05) is 35.8 Å². The number of nitrogens with one attached hydrogen (secondary N) is 1. The van der Waals surface area contributed by atoms with Crippen LogP contribution in [0.4, 0.5) is 13.2 Å². The van der Waals surface area contributed by atoms with Crippen molar-refractivity contribution < 1.29 is 22.5 Å². The van der Waals surface area contributed by atoms with Gasteiger partial charge in [0, 0.05) is 11.6 Å². The molecule has 0 fully saturated rings. The van der Waals surface area contributed by atoms with Gasteiger partial charge in [-0.05, 0) is 25.5 Å². The second kappa shape index (κ2) is 6.62. The summed E-state index contributed by atoms with van der Waals surface area (Å²) < 4.78 is 42.7. The average molecular weight is 347 g/mol. The van der Waals surface area contributed by atoms with Gasteiger partial charge in [0.25, 0.3) is 5.91 Å². The van der Waals surface area contributed by atoms with Crippen molar-refractivity contribution in [2.24, 2.45) is 0 Å². The molecule has 0 unspecified atom stereocenters. The summed E-state index contributed by atoms with van der Waals surface area (Å²) in [5.74, 6) is -0.444. The molecular weight excluding hydrogens is 333 g/mol. The molecule has 124 valence electrons. The molecule has 1 atom stereocenters. The fraction of sp³-hybridized carbons (Fsp3) is 0.333. The third-order valence-corrected chi connectivity index (χ3v) is 3.67. The maximum atomic E-state index is 12.6. The predicted octanol–water partition coefficient (Wildman–Crippen LogP) is 4.54. The van der Waals surface area contributed by atoms with Gasteiger partial charge >= 0.3 is 6.18 Å². The zero-order chi connectivity index (χ0) is 17.2. The minimum absolute atomic E-state index is 0.0365. The molecule has 4 nitrogen and oxygen atoms in total. The summed E-state index contributed by atoms with van der Waals surface area (Å²) in [5, 5.41) is 6.26. The van der Waals surface area contributed by atoms with Gasteiger partial charge in [-0.25, -0.2) is 0 Å². The predicted molar refractivity (Wildman–Crippen MR) is 79.2 cm³/mol. The van der Waals surface area contributed by atoms with Crippen molar-refractivity contribution in [3.63, 3.8) is 0 Å². The zero-order valence-electron chi connectivity index (χ0n) is 12.4. The van der Waals surface area contributed by atoms with Gasteiger partial charge in [0.2, 0.25) is 0 Å². The SMILES string of the molecule is CC[C@@H](C)NC(=O)c1noc(-c2ccc(C(F)(F)F)cc2)c1Cl. The minimum Gasteiger partial charge on any atom is -0.354 e. The number of carbonyl (C=O) groups excluding carboxylic acids is 1. The molecule has 0 aliphatic heterocycles. The van der Waals surface area contributed by atoms with Gasteiger partial charge in [0.15, 0.2) is 11.5 Å². The first-order valence-corrected chi connectivity index (χ1v) is 7.25. The monoisotopic (exact) mass is 346 g/mol. The molecule has 0 aliphatic carbocycles. The van der Waals surface area contributed by atoms with E-state index in [2.05, 4.69) is 10.5 Å². The molecule has 1 amide bonds. The molecule has 0 aliphatic rings. The van der Waals surface area contributed by atoms with Crippen LogP contribution in [-0.4, -0.2) is 17.1 Å². The summed E-state index contributed by atoms with van der Waals surface area (Å²) in [7, 11) is 0. The molecule has 1 heterocycles. The van der Waals surface area contributed by atoms with Gasteiger partial charge in [0.1, 0.15) is 5.02 Å². The largest absolute Gasteiger partial charge is 0.416 e. The summed E-state index contributed by atoms with van der Waals surface area (Å²) in [4.78, 5) is 12.0. The maximum Gasteiger partial charge on any atom is 0.416 e. The first-order valence-electron chi connectivity index (χ1n) is 6.87. The molecule has 0 spiro atoms. The van der Waals surface area contributed by atoms with Crippen molar-refractivity contribution in [1.29, 1.82) is 0 Å². The lowest BCUT2D eigenvalue weighted by molar-refractivity contribution is -0.137. The summed E-state index contributed by atoms with van der Waals surface area (Å²) in [6.45, 7) is 3.73. The van der Waals surface area contributed by atoms with Crippen molar-refractivity contribution in [3.05, 3.63) is 40.5 Å². The van der Waals surface area contributed by atoms with Crippen molar-refractivity contribution in [3.8, 4) is 11.3 Å². The number of carbonyl (C=O) groups is 1. The highest BCUT2D eigenvalue weighted by Crippen LogP contribution is 2.34. The van der Waals surface area contributed by atoms with E-state index in [0.29, 0.717) is 5.56 Å². The summed E-state index contributed by atoms with van der Waals surface area (Å²) in [6.07, 6.45) is -3.70. The normalized spacial score (nSPS) is 13.0. The number of nitrogens with zero attached hydrogens (tertiary/aromatic N) is 1. The summed E-state index contributed by atoms with van der Waals surface area (Å²) in [5.41, 5.74) is -0.577. The fourth-order valence-corrected chi connectivity index (χ4v) is 2.07. The van der Waals surface area contributed by atoms with Crippen molar-refractivity contribution in [2.45, 2.75) is 32.5 Å². The molecule has 1 aromatic carbocycles. The lowest BCUT2D eigenvalue weighted by Gasteiger charge is -2.09. The van der Waals surface area contributed by atoms with Crippen LogP contribution in [0.25, 0.3) is 11.3 Å². The molecule has 23 heavy (non-hydrogen) atoms. The van der Waals surface area contributed by atoms with Crippen molar-refractivity contribution >= 4 is 17.5 Å². The van der Waals surface area contributed by atoms with Crippen molar-refractivity contribution in [2.75, 3.05) is 0 Å². The van der Waals surface area contributed by atoms with Crippen LogP contribution in [-0.2, 0) is 6.18 Å². The molecule has 1 aromatic heterocycles. The van der Waals surface area contributed by atoms with E-state index in [1.54, 1.807) is 0 Å². The van der Waals surface area contributed by atoms with Crippen LogP contribution in [0.3, 0.4) is 0 Å². The standard InChI is InChI=1S/C15H14ClF3N2O2/c1-3-8(2)20-14(22)12-11(16)13(23-21-12)9-4-6-10(7-5-9)15(17,18)19/h4-8H,3H2,1-2H3,(H,20,22)/t8-/m1/s1. The Balaban J connectivity index is 2.27. The molecule has 1 N–H and O–H groups in total. The van der Waals surface area contributed by atoms with Gasteiger partial charge in [-0.15, -0.1) is 0 Å². The van der Waals surface area contributed by atoms with Gasteiger partial charge in [-0.3, -0.25) is 4.79 Å². The number of hydrogen-bond donors (Lipinski definition) is 1. The van der Waals surface area contributed by atoms with E-state index in [4.69, 9.17) is 16.1 Å². The highest BCUT2D eigenvalue weighted by Gasteiger charge is 2.30. The molecule has 0 saturated heterocycles. The molecule has 0 bridgehead atoms. The number of rotatable bonds is 4. The van der Waals surface area contributed by atoms with Gasteiger partial charge in [-0.2, -0.15) is 13.2 Å². The Hall–Kier alpha value is -2.02. The number of aromatic nitrogens is 1. The number of benzene rings is 1. The van der Waals surface area contributed by atoms with E-state index in [1.165, 1.54) is 12.1 Å². The first kappa shape index (κ1) is 17.3. The maximum absolute atomic E-state index is 12.6. The number of alkyl halides is 3. The Morgan fingerprint density at radius 2 is 1.96 bits per heavy atom. The van der Waals surface area contributed by atoms with E-state index in [-0.39, 0.29) is 22.5 Å². The number of hydrogen-bond acceptors (Lipinski definition) is 3. The van der Waals surface area contributed by atoms with Crippen LogP contribution < -0.4 is 5.32 Å². The quantitative estimate of drug-likeness (QED) is 0.884. The molecule has 0 saturated carbocycles. The van der Waals surface area contributed by atoms with E-state index in [1.807, 2.05) is 13.8 Å². The van der Waals surface area contributed by atoms with Crippen LogP contribution >= 0.6 is 11.6 Å². The molecular formula is C15H14ClF3N2O2. The van der Waals surface area contributed by atoms with Crippen LogP contribution in [0.2, 0.25) is 5.02 Å². The highest BCUT2D eigenvalue weighted by atomic mass is 35.5. The molecule has 2 aromatic rings. The second-order valence-corrected chi connectivity index (χ2v) is 5.41. The zero-order valence-corrected chi connectivity index (χ0v) is 13.1. The Labute approximate surface area is 135 Å². The smallest absolute Gasteiger partial charge is 0.354 e. The number of halogens is 4. The Morgan fingerprint density at radius 3 is 2.48 bits per heavy atom. The second-order valence-electron chi connectivity index (χ2n) is 5.03. The van der Waals surface area contributed by atoms with Crippen LogP contribution in [0, 0.1) is 0 Å². The Morgan fingerprint density at radius 1 is 1.35 bits per heavy atom. The fourth-order valence-electron chi connectivity index (χ4n) is 1.80. The summed E-state index contributed by atoms with van der Waals surface area (Å²) in [6, 6.07) is 4.18. The Kier molecular flexibility index (Phi) is 4.99. The van der Waals surface area contributed by atoms with Crippen molar-refractivity contribution in [1.82, 2.24) is 10.5 Å². The topological polar surface area (TPSA) is 55.1 Å². The van der Waals surface area contributed by atoms with E-state index >= 15 is 0 Å². The summed E-state index contributed by atoms with van der Waals surface area (Å²) >= 11 is 6.07. The van der Waals surface area contributed by atoms with E-state index in [9.17, 15) is 18.0 Å². The molecule has 2 rings (SSSR count). The van der Waals surface area contributed by atoms with Crippen LogP contribution in [0.5, 0.6) is 0 Å². The lowest BCUT2D eigenvalue weighted by Crippen LogP contribution is -2.32. The van der Waals surface area contributed by atoms with E-state index < -0.39 is 17.6 Å². The average Bonchev–Trinajstić information content (AvgIpc) is 2.88. The van der Waals surface area contributed by atoms with E-state index in [0.717, 1.165) is 18.6 Å². The van der Waals surface area contributed by atoms with Gasteiger partial charge < -0.3 is 9.84 Å². The molecule has 8 heteroatoms. The number of amides is 1. The Bertz CT molecular complexity index is 696. The van der Waals surface area contributed by atoms with Gasteiger partial charge in [0.05, 0.1) is 5.56 Å². The van der Waals surface area contributed by atoms with Crippen LogP contribution in [0.15, 0.2) is 28.8 Å². The highest BCUT2D eigenvalue weighted by molar-refractivity contribution is 6.35. The third-order valence-electron chi connectivity index (χ3n) is 3.31. The third kappa shape index (κ3) is 3.85.